The van der Waals surface area contributed by atoms with E-state index in [9.17, 15) is 0 Å². The van der Waals surface area contributed by atoms with Crippen LogP contribution in [-0.4, -0.2) is 0 Å². The van der Waals surface area contributed by atoms with Crippen LogP contribution in [-0.2, 0) is 6.42 Å². The van der Waals surface area contributed by atoms with E-state index < -0.39 is 0 Å². The van der Waals surface area contributed by atoms with Crippen molar-refractivity contribution < 1.29 is 0 Å². The molecular formula is C44H38N2. The highest BCUT2D eigenvalue weighted by Crippen LogP contribution is 2.42. The van der Waals surface area contributed by atoms with Crippen LogP contribution >= 0.6 is 0 Å². The molecule has 5 aromatic rings. The molecule has 3 aliphatic rings. The normalized spacial score (nSPS) is 15.7. The molecule has 0 heterocycles. The minimum atomic E-state index is 0.998. The van der Waals surface area contributed by atoms with E-state index in [-0.39, 0.29) is 0 Å². The van der Waals surface area contributed by atoms with Crippen LogP contribution < -0.4 is 9.80 Å². The first kappa shape index (κ1) is 28.2. The molecule has 2 heteroatoms. The second kappa shape index (κ2) is 12.6. The molecule has 46 heavy (non-hydrogen) atoms. The van der Waals surface area contributed by atoms with Gasteiger partial charge in [0, 0.05) is 33.8 Å². The number of fused-ring (bicyclic) bond motifs is 2. The van der Waals surface area contributed by atoms with Crippen molar-refractivity contribution in [1.82, 2.24) is 0 Å². The predicted octanol–water partition coefficient (Wildman–Crippen LogP) is 12.0. The van der Waals surface area contributed by atoms with Gasteiger partial charge in [-0.15, -0.1) is 0 Å². The summed E-state index contributed by atoms with van der Waals surface area (Å²) in [5.74, 6) is 0. The average molecular weight is 595 g/mol. The third kappa shape index (κ3) is 5.41. The Labute approximate surface area is 272 Å². The number of rotatable bonds is 7. The summed E-state index contributed by atoms with van der Waals surface area (Å²) in [5.41, 5.74) is 13.4. The highest BCUT2D eigenvalue weighted by Gasteiger charge is 2.24. The maximum absolute atomic E-state index is 2.50. The molecule has 0 spiro atoms. The Hall–Kier alpha value is -5.34. The summed E-state index contributed by atoms with van der Waals surface area (Å²) in [5, 5.41) is 2.54. The van der Waals surface area contributed by atoms with Crippen LogP contribution in [0.25, 0.3) is 16.8 Å². The summed E-state index contributed by atoms with van der Waals surface area (Å²) in [7, 11) is 0. The van der Waals surface area contributed by atoms with Gasteiger partial charge in [-0.2, -0.15) is 0 Å². The van der Waals surface area contributed by atoms with Crippen molar-refractivity contribution in [3.05, 3.63) is 185 Å². The van der Waals surface area contributed by atoms with Gasteiger partial charge in [0.2, 0.25) is 0 Å². The average Bonchev–Trinajstić information content (AvgIpc) is 3.14. The summed E-state index contributed by atoms with van der Waals surface area (Å²) in [6.07, 6.45) is 20.3. The van der Waals surface area contributed by atoms with Crippen LogP contribution in [0.1, 0.15) is 43.2 Å². The van der Waals surface area contributed by atoms with E-state index in [1.54, 1.807) is 0 Å². The van der Waals surface area contributed by atoms with Crippen molar-refractivity contribution in [2.24, 2.45) is 0 Å². The number of para-hydroxylation sites is 2. The molecule has 224 valence electrons. The van der Waals surface area contributed by atoms with E-state index in [0.29, 0.717) is 0 Å². The monoisotopic (exact) mass is 594 g/mol. The number of hydrogen-bond donors (Lipinski definition) is 0. The lowest BCUT2D eigenvalue weighted by atomic mass is 9.88. The standard InChI is InChI=1S/C44H38N2/c1-3-17-37(18-4-1)45(43-23-11-15-35-13-7-9-21-41(35)43)39-29-25-33(26-30-39)34-27-31-40(32-28-34)46(38-19-5-2-6-20-38)44-24-12-16-36-14-8-10-22-42(36)44/h1-9,11-21,23-25,27,29,31H,10,22,26,28,30,32H2. The van der Waals surface area contributed by atoms with Crippen molar-refractivity contribution in [2.45, 2.75) is 38.5 Å². The second-order valence-corrected chi connectivity index (χ2v) is 12.3. The van der Waals surface area contributed by atoms with E-state index in [1.807, 2.05) is 0 Å². The third-order valence-corrected chi connectivity index (χ3v) is 9.56. The highest BCUT2D eigenvalue weighted by molar-refractivity contribution is 5.97. The molecule has 3 aliphatic carbocycles. The summed E-state index contributed by atoms with van der Waals surface area (Å²) >= 11 is 0. The van der Waals surface area contributed by atoms with Crippen molar-refractivity contribution in [3.63, 3.8) is 0 Å². The van der Waals surface area contributed by atoms with Crippen molar-refractivity contribution in [1.29, 1.82) is 0 Å². The highest BCUT2D eigenvalue weighted by atomic mass is 15.2. The van der Waals surface area contributed by atoms with Gasteiger partial charge >= 0.3 is 0 Å². The molecule has 0 unspecified atom stereocenters. The predicted molar refractivity (Wildman–Crippen MR) is 196 cm³/mol. The van der Waals surface area contributed by atoms with E-state index in [4.69, 9.17) is 0 Å². The van der Waals surface area contributed by atoms with Gasteiger partial charge in [-0.3, -0.25) is 0 Å². The largest absolute Gasteiger partial charge is 0.314 e. The molecular weight excluding hydrogens is 556 g/mol. The molecule has 0 aromatic heterocycles. The van der Waals surface area contributed by atoms with Crippen LogP contribution in [0.2, 0.25) is 0 Å². The second-order valence-electron chi connectivity index (χ2n) is 12.3. The molecule has 0 saturated carbocycles. The zero-order chi connectivity index (χ0) is 30.7. The Balaban J connectivity index is 1.13. The number of allylic oxidation sites excluding steroid dienone is 9. The minimum absolute atomic E-state index is 0.998. The van der Waals surface area contributed by atoms with Gasteiger partial charge in [-0.1, -0.05) is 109 Å². The maximum Gasteiger partial charge on any atom is 0.0536 e. The van der Waals surface area contributed by atoms with Gasteiger partial charge in [0.15, 0.2) is 0 Å². The summed E-state index contributed by atoms with van der Waals surface area (Å²) in [6.45, 7) is 0. The van der Waals surface area contributed by atoms with E-state index in [0.717, 1.165) is 38.5 Å². The Bertz CT molecular complexity index is 2040. The SMILES string of the molecule is C1=Cc2cccc(N(C3=CC=C(C4=CC=C(N(c5ccccc5)c5cccc6ccccc56)CC4)CC3)c3ccccc3)c2CC1. The zero-order valence-electron chi connectivity index (χ0n) is 26.1. The van der Waals surface area contributed by atoms with Crippen LogP contribution in [0.5, 0.6) is 0 Å². The Kier molecular flexibility index (Phi) is 7.70. The van der Waals surface area contributed by atoms with Gasteiger partial charge in [-0.05, 0) is 115 Å². The zero-order valence-corrected chi connectivity index (χ0v) is 26.1. The van der Waals surface area contributed by atoms with Crippen molar-refractivity contribution in [2.75, 3.05) is 9.80 Å². The number of nitrogens with zero attached hydrogens (tertiary/aromatic N) is 2. The van der Waals surface area contributed by atoms with Gasteiger partial charge in [0.1, 0.15) is 0 Å². The lowest BCUT2D eigenvalue weighted by Crippen LogP contribution is -2.21. The summed E-state index contributed by atoms with van der Waals surface area (Å²) < 4.78 is 0. The molecule has 0 radical (unpaired) electrons. The molecule has 5 aromatic carbocycles. The molecule has 0 fully saturated rings. The maximum atomic E-state index is 2.50. The molecule has 2 nitrogen and oxygen atoms in total. The molecule has 0 N–H and O–H groups in total. The quantitative estimate of drug-likeness (QED) is 0.185. The lowest BCUT2D eigenvalue weighted by Gasteiger charge is -2.33. The van der Waals surface area contributed by atoms with E-state index >= 15 is 0 Å². The molecule has 0 atom stereocenters. The smallest absolute Gasteiger partial charge is 0.0536 e. The van der Waals surface area contributed by atoms with Crippen LogP contribution in [0.4, 0.5) is 22.7 Å². The van der Waals surface area contributed by atoms with Crippen molar-refractivity contribution in [3.8, 4) is 0 Å². The first-order chi connectivity index (χ1) is 22.8. The first-order valence-corrected chi connectivity index (χ1v) is 16.6. The van der Waals surface area contributed by atoms with Crippen molar-refractivity contribution >= 4 is 39.6 Å². The molecule has 8 rings (SSSR count). The Morgan fingerprint density at radius 1 is 0.435 bits per heavy atom. The van der Waals surface area contributed by atoms with Gasteiger partial charge in [0.25, 0.3) is 0 Å². The number of hydrogen-bond acceptors (Lipinski definition) is 2. The van der Waals surface area contributed by atoms with Gasteiger partial charge in [0.05, 0.1) is 5.69 Å². The fraction of sp³-hybridized carbons (Fsp3) is 0.136. The van der Waals surface area contributed by atoms with Gasteiger partial charge in [-0.25, -0.2) is 0 Å². The van der Waals surface area contributed by atoms with Crippen LogP contribution in [0, 0.1) is 0 Å². The molecule has 0 aliphatic heterocycles. The van der Waals surface area contributed by atoms with Crippen LogP contribution in [0.3, 0.4) is 0 Å². The molecule has 0 bridgehead atoms. The minimum Gasteiger partial charge on any atom is -0.314 e. The topological polar surface area (TPSA) is 6.48 Å². The Morgan fingerprint density at radius 3 is 1.65 bits per heavy atom. The van der Waals surface area contributed by atoms with E-state index in [2.05, 4.69) is 168 Å². The summed E-state index contributed by atoms with van der Waals surface area (Å²) in [4.78, 5) is 4.96. The fourth-order valence-electron chi connectivity index (χ4n) is 7.30. The van der Waals surface area contributed by atoms with Crippen LogP contribution in [0.15, 0.2) is 174 Å². The van der Waals surface area contributed by atoms with Gasteiger partial charge < -0.3 is 9.80 Å². The summed E-state index contributed by atoms with van der Waals surface area (Å²) in [6, 6.07) is 43.8. The number of benzene rings is 5. The first-order valence-electron chi connectivity index (χ1n) is 16.6. The fourth-order valence-corrected chi connectivity index (χ4v) is 7.30. The molecule has 0 saturated heterocycles. The number of anilines is 4. The molecule has 0 amide bonds. The third-order valence-electron chi connectivity index (χ3n) is 9.56. The van der Waals surface area contributed by atoms with E-state index in [1.165, 1.54) is 67.2 Å². The Morgan fingerprint density at radius 2 is 1.00 bits per heavy atom. The lowest BCUT2D eigenvalue weighted by molar-refractivity contribution is 0.826.